The van der Waals surface area contributed by atoms with Gasteiger partial charge in [0, 0.05) is 6.54 Å². The molecule has 0 saturated heterocycles. The number of rotatable bonds is 7. The summed E-state index contributed by atoms with van der Waals surface area (Å²) in [7, 11) is 1.27. The van der Waals surface area contributed by atoms with Crippen molar-refractivity contribution in [3.63, 3.8) is 0 Å². The highest BCUT2D eigenvalue weighted by Crippen LogP contribution is 2.30. The smallest absolute Gasteiger partial charge is 0.337 e. The van der Waals surface area contributed by atoms with Crippen LogP contribution >= 0.6 is 0 Å². The minimum absolute atomic E-state index is 0.0394. The van der Waals surface area contributed by atoms with E-state index in [1.165, 1.54) is 12.0 Å². The third-order valence-corrected chi connectivity index (χ3v) is 3.71. The standard InChI is InChI=1S/C18H24N2O5/c1-11(2)25-15-6-5-12(3)9-14(15)19-16-13(18(23)24-4)10-20(7-8-21)17(16)22/h5-6,9,11,19,21H,7-8,10H2,1-4H3. The first-order valence-electron chi connectivity index (χ1n) is 8.13. The number of aliphatic hydroxyl groups excluding tert-OH is 1. The molecule has 0 fully saturated rings. The van der Waals surface area contributed by atoms with Gasteiger partial charge in [-0.15, -0.1) is 0 Å². The first-order chi connectivity index (χ1) is 11.9. The Morgan fingerprint density at radius 3 is 2.72 bits per heavy atom. The molecule has 2 rings (SSSR count). The van der Waals surface area contributed by atoms with Gasteiger partial charge in [0.05, 0.1) is 37.6 Å². The Bertz CT molecular complexity index is 697. The SMILES string of the molecule is COC(=O)C1=C(Nc2cc(C)ccc2OC(C)C)C(=O)N(CCO)C1. The van der Waals surface area contributed by atoms with Crippen molar-refractivity contribution in [2.24, 2.45) is 0 Å². The van der Waals surface area contributed by atoms with Crippen LogP contribution in [-0.2, 0) is 14.3 Å². The van der Waals surface area contributed by atoms with E-state index in [1.54, 1.807) is 0 Å². The summed E-state index contributed by atoms with van der Waals surface area (Å²) in [6.45, 7) is 5.81. The van der Waals surface area contributed by atoms with Crippen LogP contribution in [0.1, 0.15) is 19.4 Å². The van der Waals surface area contributed by atoms with Crippen LogP contribution in [0.15, 0.2) is 29.5 Å². The molecule has 1 aromatic rings. The minimum atomic E-state index is -0.574. The van der Waals surface area contributed by atoms with Crippen LogP contribution in [0.5, 0.6) is 5.75 Å². The molecule has 1 aliphatic heterocycles. The fraction of sp³-hybridized carbons (Fsp3) is 0.444. The molecule has 0 aromatic heterocycles. The molecular weight excluding hydrogens is 324 g/mol. The van der Waals surface area contributed by atoms with Crippen molar-refractivity contribution in [3.8, 4) is 5.75 Å². The molecule has 0 spiro atoms. The molecule has 1 amide bonds. The van der Waals surface area contributed by atoms with Crippen LogP contribution in [0.3, 0.4) is 0 Å². The number of β-amino-alcohol motifs (C(OH)–C–C–N with tert-alkyl or cyclic N) is 1. The number of anilines is 1. The molecule has 1 heterocycles. The zero-order valence-corrected chi connectivity index (χ0v) is 15.0. The molecule has 7 nitrogen and oxygen atoms in total. The van der Waals surface area contributed by atoms with Gasteiger partial charge in [-0.25, -0.2) is 4.79 Å². The van der Waals surface area contributed by atoms with Gasteiger partial charge < -0.3 is 24.8 Å². The number of nitrogens with zero attached hydrogens (tertiary/aromatic N) is 1. The maximum absolute atomic E-state index is 12.6. The summed E-state index contributed by atoms with van der Waals surface area (Å²) < 4.78 is 10.6. The Morgan fingerprint density at radius 2 is 2.12 bits per heavy atom. The lowest BCUT2D eigenvalue weighted by molar-refractivity contribution is -0.136. The minimum Gasteiger partial charge on any atom is -0.489 e. The fourth-order valence-electron chi connectivity index (χ4n) is 2.58. The van der Waals surface area contributed by atoms with E-state index in [0.717, 1.165) is 5.56 Å². The number of carbonyl (C=O) groups excluding carboxylic acids is 2. The Balaban J connectivity index is 2.39. The van der Waals surface area contributed by atoms with E-state index >= 15 is 0 Å². The number of esters is 1. The van der Waals surface area contributed by atoms with Crippen LogP contribution in [0, 0.1) is 6.92 Å². The van der Waals surface area contributed by atoms with Crippen molar-refractivity contribution in [2.75, 3.05) is 32.1 Å². The molecule has 0 aliphatic carbocycles. The van der Waals surface area contributed by atoms with Crippen LogP contribution in [0.2, 0.25) is 0 Å². The molecule has 0 radical (unpaired) electrons. The number of methoxy groups -OCH3 is 1. The topological polar surface area (TPSA) is 88.1 Å². The summed E-state index contributed by atoms with van der Waals surface area (Å²) in [5, 5.41) is 12.2. The number of aryl methyl sites for hydroxylation is 1. The normalized spacial score (nSPS) is 14.3. The number of aliphatic hydroxyl groups is 1. The maximum atomic E-state index is 12.6. The molecule has 0 bridgehead atoms. The second kappa shape index (κ2) is 8.02. The number of carbonyl (C=O) groups is 2. The summed E-state index contributed by atoms with van der Waals surface area (Å²) in [4.78, 5) is 26.0. The number of nitrogens with one attached hydrogen (secondary N) is 1. The number of amides is 1. The lowest BCUT2D eigenvalue weighted by atomic mass is 10.1. The van der Waals surface area contributed by atoms with Gasteiger partial charge in [0.2, 0.25) is 0 Å². The third kappa shape index (κ3) is 4.30. The molecule has 2 N–H and O–H groups in total. The first-order valence-corrected chi connectivity index (χ1v) is 8.13. The predicted molar refractivity (Wildman–Crippen MR) is 93.3 cm³/mol. The lowest BCUT2D eigenvalue weighted by Crippen LogP contribution is -2.31. The second-order valence-electron chi connectivity index (χ2n) is 6.09. The summed E-state index contributed by atoms with van der Waals surface area (Å²) in [5.74, 6) is -0.340. The Hall–Kier alpha value is -2.54. The third-order valence-electron chi connectivity index (χ3n) is 3.71. The number of ether oxygens (including phenoxy) is 2. The summed E-state index contributed by atoms with van der Waals surface area (Å²) in [5.41, 5.74) is 1.97. The quantitative estimate of drug-likeness (QED) is 0.725. The van der Waals surface area contributed by atoms with Crippen LogP contribution in [-0.4, -0.2) is 54.8 Å². The monoisotopic (exact) mass is 348 g/mol. The van der Waals surface area contributed by atoms with Gasteiger partial charge in [0.15, 0.2) is 0 Å². The fourth-order valence-corrected chi connectivity index (χ4v) is 2.58. The van der Waals surface area contributed by atoms with Crippen molar-refractivity contribution < 1.29 is 24.2 Å². The van der Waals surface area contributed by atoms with Crippen LogP contribution in [0.4, 0.5) is 5.69 Å². The predicted octanol–water partition coefficient (Wildman–Crippen LogP) is 1.46. The summed E-state index contributed by atoms with van der Waals surface area (Å²) in [6, 6.07) is 5.58. The second-order valence-corrected chi connectivity index (χ2v) is 6.09. The first kappa shape index (κ1) is 18.8. The van der Waals surface area contributed by atoms with Crippen molar-refractivity contribution in [3.05, 3.63) is 35.0 Å². The van der Waals surface area contributed by atoms with Gasteiger partial charge in [-0.3, -0.25) is 4.79 Å². The Kier molecular flexibility index (Phi) is 6.03. The van der Waals surface area contributed by atoms with Crippen LogP contribution < -0.4 is 10.1 Å². The average molecular weight is 348 g/mol. The molecule has 1 aromatic carbocycles. The number of hydrogen-bond donors (Lipinski definition) is 2. The molecule has 0 atom stereocenters. The highest BCUT2D eigenvalue weighted by Gasteiger charge is 2.34. The maximum Gasteiger partial charge on any atom is 0.337 e. The van der Waals surface area contributed by atoms with E-state index in [4.69, 9.17) is 14.6 Å². The molecule has 0 saturated carbocycles. The summed E-state index contributed by atoms with van der Waals surface area (Å²) in [6.07, 6.45) is -0.0394. The molecule has 136 valence electrons. The van der Waals surface area contributed by atoms with Gasteiger partial charge in [-0.2, -0.15) is 0 Å². The van der Waals surface area contributed by atoms with E-state index in [1.807, 2.05) is 39.0 Å². The van der Waals surface area contributed by atoms with Crippen LogP contribution in [0.25, 0.3) is 0 Å². The largest absolute Gasteiger partial charge is 0.489 e. The highest BCUT2D eigenvalue weighted by molar-refractivity contribution is 6.08. The van der Waals surface area contributed by atoms with E-state index < -0.39 is 5.97 Å². The van der Waals surface area contributed by atoms with Crippen molar-refractivity contribution in [2.45, 2.75) is 26.9 Å². The molecule has 0 unspecified atom stereocenters. The zero-order valence-electron chi connectivity index (χ0n) is 15.0. The van der Waals surface area contributed by atoms with Gasteiger partial charge in [0.1, 0.15) is 11.4 Å². The Labute approximate surface area is 147 Å². The summed E-state index contributed by atoms with van der Waals surface area (Å²) >= 11 is 0. The zero-order chi connectivity index (χ0) is 18.6. The molecule has 1 aliphatic rings. The number of benzene rings is 1. The van der Waals surface area contributed by atoms with Gasteiger partial charge >= 0.3 is 5.97 Å². The lowest BCUT2D eigenvalue weighted by Gasteiger charge is -2.18. The van der Waals surface area contributed by atoms with Gasteiger partial charge in [-0.1, -0.05) is 6.07 Å². The Morgan fingerprint density at radius 1 is 1.40 bits per heavy atom. The van der Waals surface area contributed by atoms with E-state index in [0.29, 0.717) is 11.4 Å². The van der Waals surface area contributed by atoms with Gasteiger partial charge in [-0.05, 0) is 38.5 Å². The van der Waals surface area contributed by atoms with E-state index in [9.17, 15) is 9.59 Å². The van der Waals surface area contributed by atoms with E-state index in [2.05, 4.69) is 5.32 Å². The van der Waals surface area contributed by atoms with E-state index in [-0.39, 0.29) is 43.0 Å². The van der Waals surface area contributed by atoms with Crippen molar-refractivity contribution in [1.82, 2.24) is 4.90 Å². The molecular formula is C18H24N2O5. The number of hydrogen-bond acceptors (Lipinski definition) is 6. The highest BCUT2D eigenvalue weighted by atomic mass is 16.5. The van der Waals surface area contributed by atoms with Gasteiger partial charge in [0.25, 0.3) is 5.91 Å². The molecule has 7 heteroatoms. The van der Waals surface area contributed by atoms with Crippen molar-refractivity contribution >= 4 is 17.6 Å². The van der Waals surface area contributed by atoms with Crippen molar-refractivity contribution in [1.29, 1.82) is 0 Å². The average Bonchev–Trinajstić information content (AvgIpc) is 2.86. The molecule has 25 heavy (non-hydrogen) atoms.